The fourth-order valence-electron chi connectivity index (χ4n) is 2.88. The second-order valence-corrected chi connectivity index (χ2v) is 5.93. The van der Waals surface area contributed by atoms with Crippen LogP contribution in [0.5, 0.6) is 11.5 Å². The van der Waals surface area contributed by atoms with Gasteiger partial charge in [-0.15, -0.1) is 0 Å². The molecule has 0 fully saturated rings. The zero-order valence-corrected chi connectivity index (χ0v) is 15.6. The summed E-state index contributed by atoms with van der Waals surface area (Å²) >= 11 is 0. The Morgan fingerprint density at radius 3 is 1.57 bits per heavy atom. The molecule has 0 saturated heterocycles. The number of para-hydroxylation sites is 4. The van der Waals surface area contributed by atoms with Crippen molar-refractivity contribution in [3.63, 3.8) is 0 Å². The van der Waals surface area contributed by atoms with Gasteiger partial charge in [0.2, 0.25) is 5.91 Å². The van der Waals surface area contributed by atoms with E-state index in [1.807, 2.05) is 24.3 Å². The Hall–Kier alpha value is -3.80. The van der Waals surface area contributed by atoms with Gasteiger partial charge in [-0.05, 0) is 48.5 Å². The van der Waals surface area contributed by atoms with Gasteiger partial charge in [0.15, 0.2) is 0 Å². The number of nitrogens with zero attached hydrogens (tertiary/aromatic N) is 1. The number of hydrogen-bond acceptors (Lipinski definition) is 4. The number of hydrogen-bond donors (Lipinski definition) is 1. The van der Waals surface area contributed by atoms with Crippen molar-refractivity contribution in [2.45, 2.75) is 0 Å². The first-order valence-corrected chi connectivity index (χ1v) is 8.57. The molecule has 2 amide bonds. The summed E-state index contributed by atoms with van der Waals surface area (Å²) in [6.45, 7) is 0. The normalized spacial score (nSPS) is 10.2. The van der Waals surface area contributed by atoms with Crippen molar-refractivity contribution in [3.05, 3.63) is 83.9 Å². The third kappa shape index (κ3) is 3.66. The van der Waals surface area contributed by atoms with E-state index in [4.69, 9.17) is 15.2 Å². The molecule has 0 spiro atoms. The fraction of sp³-hybridized carbons (Fsp3) is 0.0909. The highest BCUT2D eigenvalue weighted by molar-refractivity contribution is 6.12. The molecule has 0 aliphatic carbocycles. The maximum atomic E-state index is 13.5. The minimum absolute atomic E-state index is 0.301. The fourth-order valence-corrected chi connectivity index (χ4v) is 2.88. The molecule has 28 heavy (non-hydrogen) atoms. The van der Waals surface area contributed by atoms with Gasteiger partial charge in [0, 0.05) is 11.1 Å². The van der Waals surface area contributed by atoms with Crippen molar-refractivity contribution in [2.24, 2.45) is 5.73 Å². The van der Waals surface area contributed by atoms with Crippen LogP contribution in [-0.4, -0.2) is 26.0 Å². The van der Waals surface area contributed by atoms with Gasteiger partial charge < -0.3 is 15.2 Å². The molecular weight excluding hydrogens is 356 g/mol. The predicted molar refractivity (Wildman–Crippen MR) is 107 cm³/mol. The number of carbonyl (C=O) groups excluding carboxylic acids is 2. The molecule has 0 aliphatic rings. The van der Waals surface area contributed by atoms with Gasteiger partial charge in [0.05, 0.1) is 25.6 Å². The number of amides is 2. The molecule has 0 unspecified atom stereocenters. The standard InChI is InChI=1S/C22H20N2O4/c1-27-19-9-5-3-7-17(19)24(18-8-4-6-10-20(18)28-2)22(26)16-13-11-15(12-14-16)21(23)25/h3-14H,1-2H3,(H2,23,25). The van der Waals surface area contributed by atoms with E-state index >= 15 is 0 Å². The summed E-state index contributed by atoms with van der Waals surface area (Å²) in [5.74, 6) is 0.223. The van der Waals surface area contributed by atoms with Crippen LogP contribution in [-0.2, 0) is 0 Å². The van der Waals surface area contributed by atoms with Crippen molar-refractivity contribution in [1.82, 2.24) is 0 Å². The van der Waals surface area contributed by atoms with E-state index < -0.39 is 5.91 Å². The van der Waals surface area contributed by atoms with Gasteiger partial charge in [-0.1, -0.05) is 24.3 Å². The zero-order chi connectivity index (χ0) is 20.1. The molecule has 6 nitrogen and oxygen atoms in total. The van der Waals surface area contributed by atoms with Crippen LogP contribution >= 0.6 is 0 Å². The molecule has 0 atom stereocenters. The molecule has 3 aromatic carbocycles. The number of methoxy groups -OCH3 is 2. The van der Waals surface area contributed by atoms with Crippen LogP contribution in [0.15, 0.2) is 72.8 Å². The highest BCUT2D eigenvalue weighted by atomic mass is 16.5. The van der Waals surface area contributed by atoms with Gasteiger partial charge in [-0.2, -0.15) is 0 Å². The summed E-state index contributed by atoms with van der Waals surface area (Å²) in [6, 6.07) is 20.6. The number of anilines is 2. The molecule has 6 heteroatoms. The van der Waals surface area contributed by atoms with Crippen molar-refractivity contribution in [2.75, 3.05) is 19.1 Å². The lowest BCUT2D eigenvalue weighted by atomic mass is 10.1. The van der Waals surface area contributed by atoms with Crippen LogP contribution in [0.4, 0.5) is 11.4 Å². The number of ether oxygens (including phenoxy) is 2. The molecular formula is C22H20N2O4. The minimum Gasteiger partial charge on any atom is -0.495 e. The molecule has 0 radical (unpaired) electrons. The Bertz CT molecular complexity index is 952. The quantitative estimate of drug-likeness (QED) is 0.710. The second kappa shape index (κ2) is 8.26. The molecule has 0 heterocycles. The Kier molecular flexibility index (Phi) is 5.60. The van der Waals surface area contributed by atoms with Crippen LogP contribution < -0.4 is 20.1 Å². The Morgan fingerprint density at radius 1 is 0.714 bits per heavy atom. The number of benzene rings is 3. The van der Waals surface area contributed by atoms with E-state index in [0.717, 1.165) is 0 Å². The number of rotatable bonds is 6. The maximum Gasteiger partial charge on any atom is 0.263 e. The Balaban J connectivity index is 2.15. The molecule has 0 aromatic heterocycles. The van der Waals surface area contributed by atoms with E-state index in [1.165, 1.54) is 17.0 Å². The highest BCUT2D eigenvalue weighted by Gasteiger charge is 2.25. The molecule has 3 aromatic rings. The zero-order valence-electron chi connectivity index (χ0n) is 15.6. The molecule has 3 rings (SSSR count). The topological polar surface area (TPSA) is 81.9 Å². The van der Waals surface area contributed by atoms with Crippen LogP contribution in [0.1, 0.15) is 20.7 Å². The first-order chi connectivity index (χ1) is 13.6. The van der Waals surface area contributed by atoms with Gasteiger partial charge >= 0.3 is 0 Å². The summed E-state index contributed by atoms with van der Waals surface area (Å²) in [6.07, 6.45) is 0. The van der Waals surface area contributed by atoms with Crippen molar-refractivity contribution >= 4 is 23.2 Å². The molecule has 0 saturated carbocycles. The van der Waals surface area contributed by atoms with Crippen molar-refractivity contribution in [3.8, 4) is 11.5 Å². The largest absolute Gasteiger partial charge is 0.495 e. The van der Waals surface area contributed by atoms with E-state index in [9.17, 15) is 9.59 Å². The van der Waals surface area contributed by atoms with E-state index in [0.29, 0.717) is 34.0 Å². The second-order valence-electron chi connectivity index (χ2n) is 5.93. The smallest absolute Gasteiger partial charge is 0.263 e. The molecule has 0 bridgehead atoms. The average molecular weight is 376 g/mol. The maximum absolute atomic E-state index is 13.5. The lowest BCUT2D eigenvalue weighted by molar-refractivity contribution is 0.0987. The molecule has 2 N–H and O–H groups in total. The van der Waals surface area contributed by atoms with E-state index in [1.54, 1.807) is 50.6 Å². The van der Waals surface area contributed by atoms with Gasteiger partial charge in [-0.25, -0.2) is 0 Å². The third-order valence-corrected chi connectivity index (χ3v) is 4.27. The van der Waals surface area contributed by atoms with Crippen LogP contribution in [0.2, 0.25) is 0 Å². The summed E-state index contributed by atoms with van der Waals surface area (Å²) in [7, 11) is 3.09. The summed E-state index contributed by atoms with van der Waals surface area (Å²) in [5, 5.41) is 0. The number of nitrogens with two attached hydrogens (primary N) is 1. The van der Waals surface area contributed by atoms with Gasteiger partial charge in [0.25, 0.3) is 5.91 Å². The first kappa shape index (κ1) is 19.0. The van der Waals surface area contributed by atoms with Gasteiger partial charge in [0.1, 0.15) is 11.5 Å². The molecule has 0 aliphatic heterocycles. The highest BCUT2D eigenvalue weighted by Crippen LogP contribution is 2.39. The summed E-state index contributed by atoms with van der Waals surface area (Å²) < 4.78 is 10.9. The monoisotopic (exact) mass is 376 g/mol. The SMILES string of the molecule is COc1ccccc1N(C(=O)c1ccc(C(N)=O)cc1)c1ccccc1OC. The molecule has 142 valence electrons. The summed E-state index contributed by atoms with van der Waals surface area (Å²) in [5.41, 5.74) is 7.15. The first-order valence-electron chi connectivity index (χ1n) is 8.57. The number of primary amides is 1. The third-order valence-electron chi connectivity index (χ3n) is 4.27. The number of carbonyl (C=O) groups is 2. The summed E-state index contributed by atoms with van der Waals surface area (Å²) in [4.78, 5) is 26.3. The lowest BCUT2D eigenvalue weighted by Crippen LogP contribution is -2.27. The minimum atomic E-state index is -0.551. The lowest BCUT2D eigenvalue weighted by Gasteiger charge is -2.26. The Morgan fingerprint density at radius 2 is 1.14 bits per heavy atom. The van der Waals surface area contributed by atoms with Crippen LogP contribution in [0, 0.1) is 0 Å². The van der Waals surface area contributed by atoms with E-state index in [-0.39, 0.29) is 5.91 Å². The van der Waals surface area contributed by atoms with Crippen molar-refractivity contribution in [1.29, 1.82) is 0 Å². The van der Waals surface area contributed by atoms with Crippen molar-refractivity contribution < 1.29 is 19.1 Å². The predicted octanol–water partition coefficient (Wildman–Crippen LogP) is 3.78. The Labute approximate surface area is 163 Å². The average Bonchev–Trinajstić information content (AvgIpc) is 2.74. The van der Waals surface area contributed by atoms with Gasteiger partial charge in [-0.3, -0.25) is 14.5 Å². The van der Waals surface area contributed by atoms with Crippen LogP contribution in [0.25, 0.3) is 0 Å². The van der Waals surface area contributed by atoms with Crippen LogP contribution in [0.3, 0.4) is 0 Å². The van der Waals surface area contributed by atoms with E-state index in [2.05, 4.69) is 0 Å².